The number of halogens is 3. The molecule has 0 saturated heterocycles. The summed E-state index contributed by atoms with van der Waals surface area (Å²) < 4.78 is 28.6. The Morgan fingerprint density at radius 3 is 2.44 bits per heavy atom. The molecule has 1 saturated carbocycles. The highest BCUT2D eigenvalue weighted by Crippen LogP contribution is 2.63. The minimum absolute atomic E-state index is 0.000967. The molecular weight excluding hydrogens is 260 g/mol. The van der Waals surface area contributed by atoms with E-state index in [4.69, 9.17) is 17.3 Å². The molecule has 1 unspecified atom stereocenters. The molecule has 1 aliphatic rings. The van der Waals surface area contributed by atoms with Crippen LogP contribution in [0.3, 0.4) is 0 Å². The highest BCUT2D eigenvalue weighted by Gasteiger charge is 2.60. The van der Waals surface area contributed by atoms with Gasteiger partial charge in [0.2, 0.25) is 0 Å². The van der Waals surface area contributed by atoms with Crippen molar-refractivity contribution in [2.45, 2.75) is 32.3 Å². The summed E-state index contributed by atoms with van der Waals surface area (Å²) in [5.41, 5.74) is 6.86. The molecule has 2 rings (SSSR count). The second-order valence-corrected chi connectivity index (χ2v) is 5.78. The number of hydrogen-bond acceptors (Lipinski definition) is 2. The normalized spacial score (nSPS) is 25.3. The van der Waals surface area contributed by atoms with E-state index in [2.05, 4.69) is 18.6 Å². The molecule has 18 heavy (non-hydrogen) atoms. The van der Waals surface area contributed by atoms with Crippen molar-refractivity contribution in [2.75, 3.05) is 6.54 Å². The molecule has 1 aromatic rings. The maximum absolute atomic E-state index is 12.1. The molecule has 0 aliphatic heterocycles. The molecule has 0 radical (unpaired) electrons. The van der Waals surface area contributed by atoms with E-state index in [1.165, 1.54) is 6.07 Å². The largest absolute Gasteiger partial charge is 0.433 e. The third-order valence-corrected chi connectivity index (χ3v) is 4.26. The van der Waals surface area contributed by atoms with Gasteiger partial charge in [-0.15, -0.1) is 0 Å². The summed E-state index contributed by atoms with van der Waals surface area (Å²) in [5.74, 6) is 0.000967. The standard InChI is InChI=1S/C13H16ClF2NO/c1-12(2)6-13(12,7-17)8-3-4-10(9(14)5-8)18-11(15)16/h3-5,11H,6-7,17H2,1-2H3. The van der Waals surface area contributed by atoms with Gasteiger partial charge in [-0.05, 0) is 29.5 Å². The van der Waals surface area contributed by atoms with Crippen molar-refractivity contribution in [1.29, 1.82) is 0 Å². The Bertz CT molecular complexity index is 464. The van der Waals surface area contributed by atoms with Gasteiger partial charge >= 0.3 is 6.61 Å². The van der Waals surface area contributed by atoms with Crippen molar-refractivity contribution in [3.8, 4) is 5.75 Å². The maximum atomic E-state index is 12.1. The van der Waals surface area contributed by atoms with Gasteiger partial charge in [0.25, 0.3) is 0 Å². The van der Waals surface area contributed by atoms with Crippen LogP contribution in [0, 0.1) is 5.41 Å². The monoisotopic (exact) mass is 275 g/mol. The van der Waals surface area contributed by atoms with Crippen LogP contribution >= 0.6 is 11.6 Å². The minimum atomic E-state index is -2.87. The Morgan fingerprint density at radius 2 is 2.06 bits per heavy atom. The summed E-state index contributed by atoms with van der Waals surface area (Å²) in [6.45, 7) is 1.93. The van der Waals surface area contributed by atoms with Gasteiger partial charge in [-0.25, -0.2) is 0 Å². The van der Waals surface area contributed by atoms with E-state index in [0.717, 1.165) is 12.0 Å². The molecule has 0 spiro atoms. The van der Waals surface area contributed by atoms with Crippen LogP contribution in [0.4, 0.5) is 8.78 Å². The first-order chi connectivity index (χ1) is 8.32. The van der Waals surface area contributed by atoms with E-state index in [0.29, 0.717) is 6.54 Å². The highest BCUT2D eigenvalue weighted by atomic mass is 35.5. The Kier molecular flexibility index (Phi) is 3.28. The summed E-state index contributed by atoms with van der Waals surface area (Å²) in [7, 11) is 0. The number of alkyl halides is 2. The number of ether oxygens (including phenoxy) is 1. The predicted octanol–water partition coefficient (Wildman–Crippen LogP) is 3.57. The van der Waals surface area contributed by atoms with Gasteiger partial charge in [-0.1, -0.05) is 31.5 Å². The smallest absolute Gasteiger partial charge is 0.387 e. The van der Waals surface area contributed by atoms with Gasteiger partial charge in [-0.2, -0.15) is 8.78 Å². The Balaban J connectivity index is 2.30. The van der Waals surface area contributed by atoms with Gasteiger partial charge in [0, 0.05) is 12.0 Å². The third-order valence-electron chi connectivity index (χ3n) is 3.96. The van der Waals surface area contributed by atoms with Crippen molar-refractivity contribution < 1.29 is 13.5 Å². The summed E-state index contributed by atoms with van der Waals surface area (Å²) in [4.78, 5) is 0. The van der Waals surface area contributed by atoms with Crippen molar-refractivity contribution in [2.24, 2.45) is 11.1 Å². The lowest BCUT2D eigenvalue weighted by molar-refractivity contribution is -0.0498. The number of nitrogens with two attached hydrogens (primary N) is 1. The Morgan fingerprint density at radius 1 is 1.44 bits per heavy atom. The van der Waals surface area contributed by atoms with Gasteiger partial charge in [-0.3, -0.25) is 0 Å². The molecular formula is C13H16ClF2NO. The summed E-state index contributed by atoms with van der Waals surface area (Å²) in [6, 6.07) is 4.93. The third kappa shape index (κ3) is 2.08. The topological polar surface area (TPSA) is 35.2 Å². The second-order valence-electron chi connectivity index (χ2n) is 5.37. The summed E-state index contributed by atoms with van der Waals surface area (Å²) in [5, 5.41) is 0.198. The zero-order valence-electron chi connectivity index (χ0n) is 10.3. The van der Waals surface area contributed by atoms with Crippen LogP contribution in [0.5, 0.6) is 5.75 Å². The number of benzene rings is 1. The number of hydrogen-bond donors (Lipinski definition) is 1. The van der Waals surface area contributed by atoms with E-state index < -0.39 is 6.61 Å². The average Bonchev–Trinajstić information content (AvgIpc) is 2.85. The summed E-state index contributed by atoms with van der Waals surface area (Å²) >= 11 is 5.96. The van der Waals surface area contributed by atoms with Crippen LogP contribution in [0.25, 0.3) is 0 Å². The first kappa shape index (κ1) is 13.6. The zero-order chi connectivity index (χ0) is 13.6. The van der Waals surface area contributed by atoms with Crippen LogP contribution in [-0.4, -0.2) is 13.2 Å². The van der Waals surface area contributed by atoms with Gasteiger partial charge in [0.05, 0.1) is 5.02 Å². The quantitative estimate of drug-likeness (QED) is 0.912. The van der Waals surface area contributed by atoms with E-state index in [1.807, 2.05) is 0 Å². The fourth-order valence-corrected chi connectivity index (χ4v) is 2.88. The van der Waals surface area contributed by atoms with Crippen LogP contribution in [-0.2, 0) is 5.41 Å². The molecule has 1 aliphatic carbocycles. The first-order valence-electron chi connectivity index (χ1n) is 5.77. The molecule has 0 amide bonds. The van der Waals surface area contributed by atoms with Crippen molar-refractivity contribution in [3.05, 3.63) is 28.8 Å². The van der Waals surface area contributed by atoms with Gasteiger partial charge < -0.3 is 10.5 Å². The van der Waals surface area contributed by atoms with E-state index in [1.54, 1.807) is 12.1 Å². The van der Waals surface area contributed by atoms with Gasteiger partial charge in [0.15, 0.2) is 0 Å². The van der Waals surface area contributed by atoms with Crippen molar-refractivity contribution >= 4 is 11.6 Å². The van der Waals surface area contributed by atoms with Gasteiger partial charge in [0.1, 0.15) is 5.75 Å². The lowest BCUT2D eigenvalue weighted by atomic mass is 9.88. The Labute approximate surface area is 110 Å². The Hall–Kier alpha value is -0.870. The molecule has 0 bridgehead atoms. The second kappa shape index (κ2) is 4.35. The zero-order valence-corrected chi connectivity index (χ0v) is 11.1. The molecule has 1 aromatic carbocycles. The summed E-state index contributed by atoms with van der Waals surface area (Å²) in [6.07, 6.45) is 0.974. The predicted molar refractivity (Wildman–Crippen MR) is 67.2 cm³/mol. The fourth-order valence-electron chi connectivity index (χ4n) is 2.66. The van der Waals surface area contributed by atoms with Crippen LogP contribution in [0.15, 0.2) is 18.2 Å². The van der Waals surface area contributed by atoms with E-state index in [9.17, 15) is 8.78 Å². The molecule has 100 valence electrons. The number of rotatable bonds is 4. The molecule has 1 atom stereocenters. The lowest BCUT2D eigenvalue weighted by Crippen LogP contribution is -2.25. The molecule has 0 aromatic heterocycles. The molecule has 0 heterocycles. The van der Waals surface area contributed by atoms with Crippen LogP contribution < -0.4 is 10.5 Å². The lowest BCUT2D eigenvalue weighted by Gasteiger charge is -2.20. The van der Waals surface area contributed by atoms with E-state index in [-0.39, 0.29) is 21.6 Å². The SMILES string of the molecule is CC1(C)CC1(CN)c1ccc(OC(F)F)c(Cl)c1. The average molecular weight is 276 g/mol. The minimum Gasteiger partial charge on any atom is -0.433 e. The van der Waals surface area contributed by atoms with Crippen LogP contribution in [0.2, 0.25) is 5.02 Å². The van der Waals surface area contributed by atoms with Crippen molar-refractivity contribution in [1.82, 2.24) is 0 Å². The highest BCUT2D eigenvalue weighted by molar-refractivity contribution is 6.32. The fraction of sp³-hybridized carbons (Fsp3) is 0.538. The van der Waals surface area contributed by atoms with Crippen LogP contribution in [0.1, 0.15) is 25.8 Å². The molecule has 5 heteroatoms. The molecule has 1 fully saturated rings. The molecule has 2 N–H and O–H groups in total. The van der Waals surface area contributed by atoms with Crippen molar-refractivity contribution in [3.63, 3.8) is 0 Å². The molecule has 2 nitrogen and oxygen atoms in total. The first-order valence-corrected chi connectivity index (χ1v) is 6.15. The maximum Gasteiger partial charge on any atom is 0.387 e. The van der Waals surface area contributed by atoms with E-state index >= 15 is 0 Å².